The van der Waals surface area contributed by atoms with Crippen LogP contribution in [0.1, 0.15) is 19.8 Å². The Hall–Kier alpha value is -1.68. The predicted octanol–water partition coefficient (Wildman–Crippen LogP) is 4.68. The molecule has 6 nitrogen and oxygen atoms in total. The summed E-state index contributed by atoms with van der Waals surface area (Å²) >= 11 is 9.17. The Balaban J connectivity index is 1.69. The van der Waals surface area contributed by atoms with Crippen LogP contribution in [0, 0.1) is 11.7 Å². The first kappa shape index (κ1) is 23.0. The van der Waals surface area contributed by atoms with Crippen molar-refractivity contribution in [3.8, 4) is 5.75 Å². The summed E-state index contributed by atoms with van der Waals surface area (Å²) in [6.07, 6.45) is 0.654. The van der Waals surface area contributed by atoms with Gasteiger partial charge in [0.05, 0.1) is 12.3 Å². The first-order valence-corrected chi connectivity index (χ1v) is 12.0. The number of benzene rings is 2. The Morgan fingerprint density at radius 3 is 2.60 bits per heavy atom. The van der Waals surface area contributed by atoms with Crippen molar-refractivity contribution in [1.82, 2.24) is 4.31 Å². The van der Waals surface area contributed by atoms with E-state index in [0.29, 0.717) is 28.9 Å². The van der Waals surface area contributed by atoms with E-state index in [4.69, 9.17) is 16.3 Å². The zero-order valence-corrected chi connectivity index (χ0v) is 19.4. The van der Waals surface area contributed by atoms with Crippen molar-refractivity contribution in [2.75, 3.05) is 25.0 Å². The number of piperidine rings is 1. The van der Waals surface area contributed by atoms with Gasteiger partial charge >= 0.3 is 0 Å². The van der Waals surface area contributed by atoms with Crippen molar-refractivity contribution >= 4 is 49.1 Å². The molecule has 162 valence electrons. The molecule has 1 amide bonds. The number of ether oxygens (including phenoxy) is 1. The zero-order valence-electron chi connectivity index (χ0n) is 16.2. The van der Waals surface area contributed by atoms with Crippen LogP contribution in [0.15, 0.2) is 45.8 Å². The highest BCUT2D eigenvalue weighted by atomic mass is 79.9. The second-order valence-corrected chi connectivity index (χ2v) is 10.1. The number of hydrogen-bond acceptors (Lipinski definition) is 4. The number of sulfonamides is 1. The van der Waals surface area contributed by atoms with Gasteiger partial charge in [-0.2, -0.15) is 4.31 Å². The summed E-state index contributed by atoms with van der Waals surface area (Å²) < 4.78 is 47.5. The highest BCUT2D eigenvalue weighted by Gasteiger charge is 2.34. The van der Waals surface area contributed by atoms with Crippen LogP contribution in [0.3, 0.4) is 0 Å². The molecule has 0 aromatic heterocycles. The average Bonchev–Trinajstić information content (AvgIpc) is 2.71. The van der Waals surface area contributed by atoms with Gasteiger partial charge in [-0.1, -0.05) is 27.5 Å². The molecule has 0 saturated carbocycles. The smallest absolute Gasteiger partial charge is 0.246 e. The molecule has 3 rings (SSSR count). The van der Waals surface area contributed by atoms with Crippen LogP contribution in [0.25, 0.3) is 0 Å². The predicted molar refractivity (Wildman–Crippen MR) is 117 cm³/mol. The lowest BCUT2D eigenvalue weighted by Crippen LogP contribution is -2.41. The first-order chi connectivity index (χ1) is 14.2. The molecule has 0 atom stereocenters. The highest BCUT2D eigenvalue weighted by molar-refractivity contribution is 9.10. The molecule has 30 heavy (non-hydrogen) atoms. The fraction of sp³-hybridized carbons (Fsp3) is 0.350. The van der Waals surface area contributed by atoms with Gasteiger partial charge in [-0.3, -0.25) is 4.79 Å². The van der Waals surface area contributed by atoms with Crippen LogP contribution in [-0.4, -0.2) is 38.3 Å². The molecule has 0 radical (unpaired) electrons. The van der Waals surface area contributed by atoms with E-state index < -0.39 is 21.8 Å². The third-order valence-electron chi connectivity index (χ3n) is 4.84. The minimum absolute atomic E-state index is 0.0108. The molecule has 2 aromatic rings. The summed E-state index contributed by atoms with van der Waals surface area (Å²) in [6.45, 7) is 2.42. The number of nitrogens with zero attached hydrogens (tertiary/aromatic N) is 1. The summed E-state index contributed by atoms with van der Waals surface area (Å²) in [5.41, 5.74) is 0.0959. The van der Waals surface area contributed by atoms with E-state index in [1.165, 1.54) is 28.6 Å². The Bertz CT molecular complexity index is 1040. The molecular formula is C20H21BrClFN2O4S. The molecule has 1 aliphatic rings. The van der Waals surface area contributed by atoms with Crippen molar-refractivity contribution < 1.29 is 22.3 Å². The highest BCUT2D eigenvalue weighted by Crippen LogP contribution is 2.32. The maximum atomic E-state index is 14.0. The van der Waals surface area contributed by atoms with Crippen LogP contribution in [0.4, 0.5) is 10.1 Å². The lowest BCUT2D eigenvalue weighted by molar-refractivity contribution is -0.120. The van der Waals surface area contributed by atoms with E-state index in [2.05, 4.69) is 21.2 Å². The molecular weight excluding hydrogens is 499 g/mol. The number of carbonyl (C=O) groups excluding carboxylic acids is 1. The van der Waals surface area contributed by atoms with E-state index in [1.54, 1.807) is 19.1 Å². The monoisotopic (exact) mass is 518 g/mol. The number of hydrogen-bond donors (Lipinski definition) is 1. The normalized spacial score (nSPS) is 15.7. The Kier molecular flexibility index (Phi) is 7.38. The topological polar surface area (TPSA) is 75.7 Å². The molecule has 0 spiro atoms. The lowest BCUT2D eigenvalue weighted by Gasteiger charge is -2.31. The van der Waals surface area contributed by atoms with E-state index in [1.807, 2.05) is 0 Å². The van der Waals surface area contributed by atoms with Crippen LogP contribution in [0.2, 0.25) is 5.02 Å². The SMILES string of the molecule is CCOc1ccc(Cl)cc1S(=O)(=O)N1CCC(C(=O)Nc2ccc(Br)cc2F)CC1. The van der Waals surface area contributed by atoms with Crippen LogP contribution in [0.5, 0.6) is 5.75 Å². The van der Waals surface area contributed by atoms with Crippen molar-refractivity contribution in [2.24, 2.45) is 5.92 Å². The van der Waals surface area contributed by atoms with Gasteiger partial charge in [0.2, 0.25) is 15.9 Å². The molecule has 10 heteroatoms. The Morgan fingerprint density at radius 1 is 1.27 bits per heavy atom. The van der Waals surface area contributed by atoms with Crippen LogP contribution in [-0.2, 0) is 14.8 Å². The maximum Gasteiger partial charge on any atom is 0.246 e. The van der Waals surface area contributed by atoms with E-state index >= 15 is 0 Å². The Morgan fingerprint density at radius 2 is 1.97 bits per heavy atom. The number of rotatable bonds is 6. The maximum absolute atomic E-state index is 14.0. The third kappa shape index (κ3) is 5.14. The molecule has 1 fully saturated rings. The number of halogens is 3. The molecule has 1 aliphatic heterocycles. The molecule has 0 bridgehead atoms. The van der Waals surface area contributed by atoms with Gasteiger partial charge in [0.15, 0.2) is 0 Å². The number of anilines is 1. The molecule has 2 aromatic carbocycles. The van der Waals surface area contributed by atoms with Gasteiger partial charge in [0.25, 0.3) is 0 Å². The number of nitrogens with one attached hydrogen (secondary N) is 1. The Labute approximate surface area is 188 Å². The molecule has 1 N–H and O–H groups in total. The summed E-state index contributed by atoms with van der Waals surface area (Å²) in [7, 11) is -3.83. The van der Waals surface area contributed by atoms with Gasteiger partial charge in [0.1, 0.15) is 16.5 Å². The van der Waals surface area contributed by atoms with Crippen molar-refractivity contribution in [3.63, 3.8) is 0 Å². The fourth-order valence-electron chi connectivity index (χ4n) is 3.28. The minimum Gasteiger partial charge on any atom is -0.492 e. The first-order valence-electron chi connectivity index (χ1n) is 9.40. The fourth-order valence-corrected chi connectivity index (χ4v) is 5.48. The van der Waals surface area contributed by atoms with Gasteiger partial charge in [0, 0.05) is 28.5 Å². The minimum atomic E-state index is -3.83. The molecule has 1 saturated heterocycles. The largest absolute Gasteiger partial charge is 0.492 e. The van der Waals surface area contributed by atoms with Gasteiger partial charge in [-0.25, -0.2) is 12.8 Å². The van der Waals surface area contributed by atoms with Crippen LogP contribution >= 0.6 is 27.5 Å². The van der Waals surface area contributed by atoms with Gasteiger partial charge in [-0.15, -0.1) is 0 Å². The van der Waals surface area contributed by atoms with E-state index in [-0.39, 0.29) is 35.3 Å². The molecule has 1 heterocycles. The summed E-state index contributed by atoms with van der Waals surface area (Å²) in [5, 5.41) is 2.88. The average molecular weight is 520 g/mol. The van der Waals surface area contributed by atoms with Gasteiger partial charge < -0.3 is 10.1 Å². The molecule has 0 unspecified atom stereocenters. The van der Waals surface area contributed by atoms with E-state index in [0.717, 1.165) is 0 Å². The summed E-state index contributed by atoms with van der Waals surface area (Å²) in [6, 6.07) is 8.86. The molecule has 0 aliphatic carbocycles. The van der Waals surface area contributed by atoms with Gasteiger partial charge in [-0.05, 0) is 56.2 Å². The second-order valence-electron chi connectivity index (χ2n) is 6.82. The van der Waals surface area contributed by atoms with E-state index in [9.17, 15) is 17.6 Å². The van der Waals surface area contributed by atoms with Crippen molar-refractivity contribution in [1.29, 1.82) is 0 Å². The second kappa shape index (κ2) is 9.64. The zero-order chi connectivity index (χ0) is 21.9. The standard InChI is InChI=1S/C20H21BrClFN2O4S/c1-2-29-18-6-4-15(22)12-19(18)30(27,28)25-9-7-13(8-10-25)20(26)24-17-5-3-14(21)11-16(17)23/h3-6,11-13H,2,7-10H2,1H3,(H,24,26). The third-order valence-corrected chi connectivity index (χ3v) is 7.49. The number of carbonyl (C=O) groups is 1. The lowest BCUT2D eigenvalue weighted by atomic mass is 9.97. The van der Waals surface area contributed by atoms with Crippen molar-refractivity contribution in [3.05, 3.63) is 51.7 Å². The summed E-state index contributed by atoms with van der Waals surface area (Å²) in [5.74, 6) is -1.04. The number of amides is 1. The quantitative estimate of drug-likeness (QED) is 0.601. The van der Waals surface area contributed by atoms with Crippen molar-refractivity contribution in [2.45, 2.75) is 24.7 Å². The van der Waals surface area contributed by atoms with Crippen LogP contribution < -0.4 is 10.1 Å². The summed E-state index contributed by atoms with van der Waals surface area (Å²) in [4.78, 5) is 12.5.